The molecule has 3 aromatic carbocycles. The fourth-order valence-corrected chi connectivity index (χ4v) is 3.53. The average Bonchev–Trinajstić information content (AvgIpc) is 3.37. The number of ether oxygens (including phenoxy) is 3. The molecule has 0 fully saturated rings. The first-order valence-corrected chi connectivity index (χ1v) is 10.9. The second-order valence-electron chi connectivity index (χ2n) is 7.69. The van der Waals surface area contributed by atoms with Gasteiger partial charge < -0.3 is 24.8 Å². The van der Waals surface area contributed by atoms with Crippen LogP contribution in [0.4, 0.5) is 5.69 Å². The zero-order valence-corrected chi connectivity index (χ0v) is 18.6. The third-order valence-electron chi connectivity index (χ3n) is 5.30. The summed E-state index contributed by atoms with van der Waals surface area (Å²) in [5.41, 5.74) is 2.08. The maximum absolute atomic E-state index is 12.9. The Morgan fingerprint density at radius 3 is 2.51 bits per heavy atom. The molecule has 5 rings (SSSR count). The number of carbonyl (C=O) groups is 2. The van der Waals surface area contributed by atoms with Crippen molar-refractivity contribution >= 4 is 17.5 Å². The molecule has 0 bridgehead atoms. The molecule has 35 heavy (non-hydrogen) atoms. The Labute approximate surface area is 201 Å². The first kappa shape index (κ1) is 22.0. The maximum atomic E-state index is 12.9. The van der Waals surface area contributed by atoms with Crippen molar-refractivity contribution in [1.82, 2.24) is 10.3 Å². The molecule has 2 amide bonds. The Hall–Kier alpha value is -4.85. The van der Waals surface area contributed by atoms with Crippen LogP contribution in [0.5, 0.6) is 23.0 Å². The fourth-order valence-electron chi connectivity index (χ4n) is 3.53. The van der Waals surface area contributed by atoms with Gasteiger partial charge in [0.15, 0.2) is 11.5 Å². The van der Waals surface area contributed by atoms with Crippen molar-refractivity contribution in [1.29, 1.82) is 0 Å². The predicted molar refractivity (Wildman–Crippen MR) is 129 cm³/mol. The zero-order chi connectivity index (χ0) is 24.0. The Bertz CT molecular complexity index is 1360. The van der Waals surface area contributed by atoms with Gasteiger partial charge in [0.1, 0.15) is 11.5 Å². The number of aromatic nitrogens is 1. The lowest BCUT2D eigenvalue weighted by Crippen LogP contribution is -2.24. The van der Waals surface area contributed by atoms with Crippen LogP contribution < -0.4 is 24.8 Å². The van der Waals surface area contributed by atoms with E-state index in [1.807, 2.05) is 18.2 Å². The van der Waals surface area contributed by atoms with Gasteiger partial charge in [-0.1, -0.05) is 18.2 Å². The van der Waals surface area contributed by atoms with Crippen LogP contribution in [0.25, 0.3) is 0 Å². The second-order valence-corrected chi connectivity index (χ2v) is 7.69. The number of pyridine rings is 1. The normalized spacial score (nSPS) is 11.5. The van der Waals surface area contributed by atoms with Crippen molar-refractivity contribution in [3.8, 4) is 23.0 Å². The molecule has 4 aromatic rings. The molecule has 0 unspecified atom stereocenters. The highest BCUT2D eigenvalue weighted by Gasteiger charge is 2.16. The number of benzene rings is 3. The third-order valence-corrected chi connectivity index (χ3v) is 5.30. The van der Waals surface area contributed by atoms with Crippen LogP contribution in [-0.4, -0.2) is 23.6 Å². The summed E-state index contributed by atoms with van der Waals surface area (Å²) >= 11 is 0. The molecule has 8 nitrogen and oxygen atoms in total. The van der Waals surface area contributed by atoms with Crippen LogP contribution in [-0.2, 0) is 6.54 Å². The van der Waals surface area contributed by atoms with Crippen molar-refractivity contribution in [2.45, 2.75) is 6.54 Å². The highest BCUT2D eigenvalue weighted by atomic mass is 16.7. The van der Waals surface area contributed by atoms with Gasteiger partial charge in [-0.3, -0.25) is 14.6 Å². The van der Waals surface area contributed by atoms with Crippen molar-refractivity contribution in [2.75, 3.05) is 12.1 Å². The molecule has 0 aliphatic carbocycles. The SMILES string of the molecule is O=C(Nc1ccccc1C(=O)NCc1ccc2c(c1)OCO2)c1ccc(Oc2cccnc2)cc1. The first-order chi connectivity index (χ1) is 17.2. The van der Waals surface area contributed by atoms with Gasteiger partial charge in [-0.15, -0.1) is 0 Å². The van der Waals surface area contributed by atoms with Gasteiger partial charge in [0.05, 0.1) is 17.4 Å². The average molecular weight is 467 g/mol. The molecule has 0 saturated carbocycles. The number of nitrogens with zero attached hydrogens (tertiary/aromatic N) is 1. The minimum absolute atomic E-state index is 0.193. The van der Waals surface area contributed by atoms with E-state index in [4.69, 9.17) is 14.2 Å². The highest BCUT2D eigenvalue weighted by Crippen LogP contribution is 2.32. The predicted octanol–water partition coefficient (Wildman–Crippen LogP) is 4.78. The van der Waals surface area contributed by atoms with Crippen LogP contribution >= 0.6 is 0 Å². The summed E-state index contributed by atoms with van der Waals surface area (Å²) < 4.78 is 16.4. The van der Waals surface area contributed by atoms with E-state index in [0.29, 0.717) is 46.4 Å². The van der Waals surface area contributed by atoms with Crippen LogP contribution in [0.15, 0.2) is 91.3 Å². The largest absolute Gasteiger partial charge is 0.456 e. The Morgan fingerprint density at radius 1 is 0.857 bits per heavy atom. The van der Waals surface area contributed by atoms with Crippen LogP contribution in [0, 0.1) is 0 Å². The van der Waals surface area contributed by atoms with Crippen molar-refractivity contribution in [2.24, 2.45) is 0 Å². The van der Waals surface area contributed by atoms with E-state index in [1.165, 1.54) is 0 Å². The molecule has 0 saturated heterocycles. The van der Waals surface area contributed by atoms with E-state index in [2.05, 4.69) is 15.6 Å². The Balaban J connectivity index is 1.23. The molecule has 0 atom stereocenters. The van der Waals surface area contributed by atoms with Crippen LogP contribution in [0.1, 0.15) is 26.3 Å². The van der Waals surface area contributed by atoms with Crippen molar-refractivity contribution in [3.05, 3.63) is 108 Å². The van der Waals surface area contributed by atoms with Gasteiger partial charge in [0.2, 0.25) is 6.79 Å². The third kappa shape index (κ3) is 5.22. The van der Waals surface area contributed by atoms with E-state index in [-0.39, 0.29) is 18.6 Å². The smallest absolute Gasteiger partial charge is 0.255 e. The van der Waals surface area contributed by atoms with E-state index < -0.39 is 0 Å². The summed E-state index contributed by atoms with van der Waals surface area (Å²) in [6, 6.07) is 22.6. The number of hydrogen-bond acceptors (Lipinski definition) is 6. The lowest BCUT2D eigenvalue weighted by molar-refractivity contribution is 0.0951. The Kier molecular flexibility index (Phi) is 6.25. The minimum atomic E-state index is -0.339. The van der Waals surface area contributed by atoms with Gasteiger partial charge in [-0.25, -0.2) is 0 Å². The molecule has 1 aromatic heterocycles. The first-order valence-electron chi connectivity index (χ1n) is 10.9. The lowest BCUT2D eigenvalue weighted by atomic mass is 10.1. The number of anilines is 1. The summed E-state index contributed by atoms with van der Waals surface area (Å²) in [5, 5.41) is 5.70. The van der Waals surface area contributed by atoms with Crippen LogP contribution in [0.3, 0.4) is 0 Å². The summed E-state index contributed by atoms with van der Waals surface area (Å²) in [6.07, 6.45) is 3.27. The number of fused-ring (bicyclic) bond motifs is 1. The van der Waals surface area contributed by atoms with E-state index in [9.17, 15) is 9.59 Å². The molecule has 2 heterocycles. The second kappa shape index (κ2) is 9.96. The number of para-hydroxylation sites is 1. The lowest BCUT2D eigenvalue weighted by Gasteiger charge is -2.12. The van der Waals surface area contributed by atoms with E-state index in [1.54, 1.807) is 73.1 Å². The molecule has 0 spiro atoms. The van der Waals surface area contributed by atoms with E-state index in [0.717, 1.165) is 5.56 Å². The molecule has 1 aliphatic rings. The standard InChI is InChI=1S/C27H21N3O5/c31-26(19-8-10-20(11-9-19)35-21-4-3-13-28-16-21)30-23-6-2-1-5-22(23)27(32)29-15-18-7-12-24-25(14-18)34-17-33-24/h1-14,16H,15,17H2,(H,29,32)(H,30,31). The monoisotopic (exact) mass is 467 g/mol. The molecule has 8 heteroatoms. The Morgan fingerprint density at radius 2 is 1.69 bits per heavy atom. The highest BCUT2D eigenvalue weighted by molar-refractivity contribution is 6.09. The molecule has 1 aliphatic heterocycles. The summed E-state index contributed by atoms with van der Waals surface area (Å²) in [5.74, 6) is 1.88. The summed E-state index contributed by atoms with van der Waals surface area (Å²) in [4.78, 5) is 29.7. The van der Waals surface area contributed by atoms with Gasteiger partial charge in [0, 0.05) is 18.3 Å². The van der Waals surface area contributed by atoms with Gasteiger partial charge in [0.25, 0.3) is 11.8 Å². The zero-order valence-electron chi connectivity index (χ0n) is 18.6. The minimum Gasteiger partial charge on any atom is -0.456 e. The maximum Gasteiger partial charge on any atom is 0.255 e. The molecule has 2 N–H and O–H groups in total. The number of carbonyl (C=O) groups excluding carboxylic acids is 2. The summed E-state index contributed by atoms with van der Waals surface area (Å²) in [7, 11) is 0. The quantitative estimate of drug-likeness (QED) is 0.406. The number of amides is 2. The topological polar surface area (TPSA) is 98.8 Å². The summed E-state index contributed by atoms with van der Waals surface area (Å²) in [6.45, 7) is 0.495. The molecular weight excluding hydrogens is 446 g/mol. The van der Waals surface area contributed by atoms with Gasteiger partial charge >= 0.3 is 0 Å². The van der Waals surface area contributed by atoms with Crippen LogP contribution in [0.2, 0.25) is 0 Å². The fraction of sp³-hybridized carbons (Fsp3) is 0.0741. The van der Waals surface area contributed by atoms with Gasteiger partial charge in [-0.2, -0.15) is 0 Å². The van der Waals surface area contributed by atoms with Crippen molar-refractivity contribution in [3.63, 3.8) is 0 Å². The molecular formula is C27H21N3O5. The molecule has 0 radical (unpaired) electrons. The van der Waals surface area contributed by atoms with Crippen molar-refractivity contribution < 1.29 is 23.8 Å². The van der Waals surface area contributed by atoms with E-state index >= 15 is 0 Å². The number of nitrogens with one attached hydrogen (secondary N) is 2. The van der Waals surface area contributed by atoms with Gasteiger partial charge in [-0.05, 0) is 66.2 Å². The molecule has 174 valence electrons. The number of hydrogen-bond donors (Lipinski definition) is 2. The number of rotatable bonds is 7.